The summed E-state index contributed by atoms with van der Waals surface area (Å²) in [5, 5.41) is 9.50. The monoisotopic (exact) mass is 281 g/mol. The lowest BCUT2D eigenvalue weighted by Crippen LogP contribution is -2.42. The summed E-state index contributed by atoms with van der Waals surface area (Å²) in [4.78, 5) is 13.5. The predicted octanol–water partition coefficient (Wildman–Crippen LogP) is 2.10. The van der Waals surface area contributed by atoms with Gasteiger partial charge in [0.2, 0.25) is 0 Å². The minimum atomic E-state index is -0.695. The van der Waals surface area contributed by atoms with Gasteiger partial charge in [-0.25, -0.2) is 0 Å². The molecule has 1 aromatic carbocycles. The minimum Gasteiger partial charge on any atom is -0.388 e. The number of aliphatic hydroxyl groups is 1. The normalized spacial score (nSPS) is 21.4. The van der Waals surface area contributed by atoms with Gasteiger partial charge in [-0.2, -0.15) is 0 Å². The molecule has 2 rings (SSSR count). The Morgan fingerprint density at radius 2 is 2.00 bits per heavy atom. The number of carbonyl (C=O) groups is 1. The van der Waals surface area contributed by atoms with E-state index in [1.165, 1.54) is 0 Å². The zero-order valence-corrected chi connectivity index (χ0v) is 10.3. The molecule has 1 atom stereocenters. The Morgan fingerprint density at radius 3 is 2.62 bits per heavy atom. The van der Waals surface area contributed by atoms with Crippen LogP contribution in [0, 0.1) is 0 Å². The summed E-state index contributed by atoms with van der Waals surface area (Å²) in [7, 11) is 0. The molecule has 0 bridgehead atoms. The summed E-state index contributed by atoms with van der Waals surface area (Å²) in [5.74, 6) is -0.193. The highest BCUT2D eigenvalue weighted by Crippen LogP contribution is 2.24. The second kappa shape index (κ2) is 4.39. The van der Waals surface area contributed by atoms with Crippen molar-refractivity contribution >= 4 is 27.5 Å². The van der Waals surface area contributed by atoms with E-state index in [2.05, 4.69) is 22.5 Å². The molecule has 0 saturated carbocycles. The number of amides is 1. The van der Waals surface area contributed by atoms with Gasteiger partial charge >= 0.3 is 0 Å². The lowest BCUT2D eigenvalue weighted by molar-refractivity contribution is -0.117. The number of aliphatic hydroxyl groups excluding tert-OH is 1. The smallest absolute Gasteiger partial charge is 0.256 e. The van der Waals surface area contributed by atoms with Gasteiger partial charge in [-0.05, 0) is 30.7 Å². The molecular weight excluding hydrogens is 270 g/mol. The first-order valence-corrected chi connectivity index (χ1v) is 5.83. The lowest BCUT2D eigenvalue weighted by atomic mass is 10.0. The highest BCUT2D eigenvalue weighted by atomic mass is 79.9. The van der Waals surface area contributed by atoms with E-state index < -0.39 is 6.10 Å². The average Bonchev–Trinajstić information content (AvgIpc) is 2.28. The molecule has 0 spiro atoms. The largest absolute Gasteiger partial charge is 0.388 e. The second-order valence-corrected chi connectivity index (χ2v) is 4.68. The number of carbonyl (C=O) groups excluding carboxylic acids is 1. The maximum Gasteiger partial charge on any atom is 0.256 e. The van der Waals surface area contributed by atoms with E-state index in [4.69, 9.17) is 0 Å². The molecule has 16 heavy (non-hydrogen) atoms. The lowest BCUT2D eigenvalue weighted by Gasteiger charge is -2.31. The summed E-state index contributed by atoms with van der Waals surface area (Å²) < 4.78 is 0.972. The molecule has 1 aliphatic heterocycles. The van der Waals surface area contributed by atoms with Crippen LogP contribution in [0.5, 0.6) is 0 Å². The molecule has 1 aromatic rings. The zero-order chi connectivity index (χ0) is 11.7. The molecule has 3 nitrogen and oxygen atoms in total. The number of hydrogen-bond donors (Lipinski definition) is 1. The van der Waals surface area contributed by atoms with Gasteiger partial charge in [-0.3, -0.25) is 4.79 Å². The molecule has 0 aliphatic carbocycles. The quantitative estimate of drug-likeness (QED) is 0.801. The number of anilines is 1. The number of rotatable bonds is 1. The van der Waals surface area contributed by atoms with Crippen molar-refractivity contribution in [3.8, 4) is 0 Å². The van der Waals surface area contributed by atoms with E-state index in [1.54, 1.807) is 4.90 Å². The maximum atomic E-state index is 11.9. The van der Waals surface area contributed by atoms with Crippen LogP contribution >= 0.6 is 15.9 Å². The van der Waals surface area contributed by atoms with Crippen LogP contribution in [0.3, 0.4) is 0 Å². The number of halogens is 1. The van der Waals surface area contributed by atoms with Gasteiger partial charge in [0.05, 0.1) is 6.10 Å². The third-order valence-electron chi connectivity index (χ3n) is 2.69. The van der Waals surface area contributed by atoms with Gasteiger partial charge in [0.25, 0.3) is 5.91 Å². The van der Waals surface area contributed by atoms with Crippen molar-refractivity contribution < 1.29 is 9.90 Å². The van der Waals surface area contributed by atoms with E-state index in [1.807, 2.05) is 24.3 Å². The summed E-state index contributed by atoms with van der Waals surface area (Å²) in [6.45, 7) is 4.15. The molecule has 1 saturated heterocycles. The van der Waals surface area contributed by atoms with Crippen LogP contribution in [0.25, 0.3) is 0 Å². The minimum absolute atomic E-state index is 0.193. The molecule has 4 heteroatoms. The molecule has 0 radical (unpaired) electrons. The van der Waals surface area contributed by atoms with E-state index in [-0.39, 0.29) is 11.5 Å². The maximum absolute atomic E-state index is 11.9. The summed E-state index contributed by atoms with van der Waals surface area (Å²) >= 11 is 3.34. The van der Waals surface area contributed by atoms with Gasteiger partial charge in [0.15, 0.2) is 0 Å². The summed E-state index contributed by atoms with van der Waals surface area (Å²) in [6.07, 6.45) is -0.153. The SMILES string of the molecule is C=C1C(=O)N(c2ccc(Br)cc2)CCC1O. The molecule has 1 unspecified atom stereocenters. The van der Waals surface area contributed by atoms with Crippen molar-refractivity contribution in [2.45, 2.75) is 12.5 Å². The van der Waals surface area contributed by atoms with Gasteiger partial charge in [0.1, 0.15) is 0 Å². The predicted molar refractivity (Wildman–Crippen MR) is 66.3 cm³/mol. The molecule has 1 heterocycles. The van der Waals surface area contributed by atoms with Crippen molar-refractivity contribution in [3.05, 3.63) is 40.9 Å². The molecule has 1 N–H and O–H groups in total. The van der Waals surface area contributed by atoms with Crippen LogP contribution in [-0.4, -0.2) is 23.7 Å². The van der Waals surface area contributed by atoms with Gasteiger partial charge < -0.3 is 10.0 Å². The van der Waals surface area contributed by atoms with Gasteiger partial charge in [0, 0.05) is 22.3 Å². The van der Waals surface area contributed by atoms with Crippen LogP contribution in [-0.2, 0) is 4.79 Å². The Morgan fingerprint density at radius 1 is 1.38 bits per heavy atom. The van der Waals surface area contributed by atoms with E-state index in [9.17, 15) is 9.90 Å². The van der Waals surface area contributed by atoms with Crippen molar-refractivity contribution in [2.24, 2.45) is 0 Å². The van der Waals surface area contributed by atoms with Crippen LogP contribution in [0.1, 0.15) is 6.42 Å². The fraction of sp³-hybridized carbons (Fsp3) is 0.250. The molecule has 1 amide bonds. The first kappa shape index (κ1) is 11.4. The summed E-state index contributed by atoms with van der Waals surface area (Å²) in [6, 6.07) is 7.51. The van der Waals surface area contributed by atoms with Crippen LogP contribution < -0.4 is 4.90 Å². The first-order valence-electron chi connectivity index (χ1n) is 5.04. The van der Waals surface area contributed by atoms with Crippen molar-refractivity contribution in [2.75, 3.05) is 11.4 Å². The Labute approximate surface area is 103 Å². The van der Waals surface area contributed by atoms with E-state index in [0.717, 1.165) is 10.2 Å². The first-order chi connectivity index (χ1) is 7.59. The number of benzene rings is 1. The third kappa shape index (κ3) is 2.03. The second-order valence-electron chi connectivity index (χ2n) is 3.76. The van der Waals surface area contributed by atoms with Crippen molar-refractivity contribution in [3.63, 3.8) is 0 Å². The molecule has 0 aromatic heterocycles. The molecule has 84 valence electrons. The Kier molecular flexibility index (Phi) is 3.12. The molecular formula is C12H12BrNO2. The Balaban J connectivity index is 2.25. The highest BCUT2D eigenvalue weighted by Gasteiger charge is 2.28. The standard InChI is InChI=1S/C12H12BrNO2/c1-8-11(15)6-7-14(12(8)16)10-4-2-9(13)3-5-10/h2-5,11,15H,1,6-7H2. The highest BCUT2D eigenvalue weighted by molar-refractivity contribution is 9.10. The third-order valence-corrected chi connectivity index (χ3v) is 3.22. The number of piperidine rings is 1. The van der Waals surface area contributed by atoms with E-state index >= 15 is 0 Å². The van der Waals surface area contributed by atoms with Crippen molar-refractivity contribution in [1.29, 1.82) is 0 Å². The Bertz CT molecular complexity index is 427. The summed E-state index contributed by atoms with van der Waals surface area (Å²) in [5.41, 5.74) is 1.11. The van der Waals surface area contributed by atoms with E-state index in [0.29, 0.717) is 13.0 Å². The average molecular weight is 282 g/mol. The molecule has 1 aliphatic rings. The van der Waals surface area contributed by atoms with Crippen LogP contribution in [0.4, 0.5) is 5.69 Å². The molecule has 1 fully saturated rings. The van der Waals surface area contributed by atoms with Crippen LogP contribution in [0.2, 0.25) is 0 Å². The number of hydrogen-bond acceptors (Lipinski definition) is 2. The topological polar surface area (TPSA) is 40.5 Å². The Hall–Kier alpha value is -1.13. The zero-order valence-electron chi connectivity index (χ0n) is 8.69. The van der Waals surface area contributed by atoms with Gasteiger partial charge in [-0.1, -0.05) is 22.5 Å². The fourth-order valence-electron chi connectivity index (χ4n) is 1.71. The number of nitrogens with zero attached hydrogens (tertiary/aromatic N) is 1. The van der Waals surface area contributed by atoms with Crippen LogP contribution in [0.15, 0.2) is 40.9 Å². The van der Waals surface area contributed by atoms with Crippen molar-refractivity contribution in [1.82, 2.24) is 0 Å². The fourth-order valence-corrected chi connectivity index (χ4v) is 1.97. The van der Waals surface area contributed by atoms with Gasteiger partial charge in [-0.15, -0.1) is 0 Å².